The van der Waals surface area contributed by atoms with Crippen LogP contribution in [0.1, 0.15) is 17.7 Å². The Balaban J connectivity index is 2.53. The third kappa shape index (κ3) is 1.02. The van der Waals surface area contributed by atoms with Crippen molar-refractivity contribution in [3.63, 3.8) is 0 Å². The van der Waals surface area contributed by atoms with E-state index in [1.807, 2.05) is 6.07 Å². The number of rotatable bonds is 0. The molecule has 0 atom stereocenters. The van der Waals surface area contributed by atoms with Gasteiger partial charge in [-0.25, -0.2) is 4.98 Å². The van der Waals surface area contributed by atoms with E-state index in [-0.39, 0.29) is 0 Å². The van der Waals surface area contributed by atoms with E-state index in [2.05, 4.69) is 16.4 Å². The minimum atomic E-state index is 0.569. The average molecular weight is 159 g/mol. The highest BCUT2D eigenvalue weighted by Crippen LogP contribution is 2.22. The van der Waals surface area contributed by atoms with Gasteiger partial charge < -0.3 is 5.32 Å². The zero-order valence-corrected chi connectivity index (χ0v) is 6.67. The van der Waals surface area contributed by atoms with E-state index < -0.39 is 0 Å². The first-order chi connectivity index (χ1) is 5.92. The number of nitrogens with one attached hydrogen (secondary N) is 1. The molecule has 2 rings (SSSR count). The highest BCUT2D eigenvalue weighted by molar-refractivity contribution is 5.56. The first kappa shape index (κ1) is 7.11. The summed E-state index contributed by atoms with van der Waals surface area (Å²) < 4.78 is 0. The van der Waals surface area contributed by atoms with Crippen LogP contribution in [-0.2, 0) is 6.42 Å². The smallest absolute Gasteiger partial charge is 0.145 e. The summed E-state index contributed by atoms with van der Waals surface area (Å²) in [6, 6.07) is 4.03. The fourth-order valence-electron chi connectivity index (χ4n) is 1.50. The Kier molecular flexibility index (Phi) is 1.67. The lowest BCUT2D eigenvalue weighted by atomic mass is 10.0. The number of nitriles is 1. The van der Waals surface area contributed by atoms with Gasteiger partial charge in [0.2, 0.25) is 0 Å². The fraction of sp³-hybridized carbons (Fsp3) is 0.333. The van der Waals surface area contributed by atoms with Crippen molar-refractivity contribution in [2.24, 2.45) is 0 Å². The first-order valence-electron chi connectivity index (χ1n) is 4.03. The van der Waals surface area contributed by atoms with Crippen molar-refractivity contribution in [1.29, 1.82) is 5.26 Å². The molecule has 2 heterocycles. The molecule has 1 N–H and O–H groups in total. The van der Waals surface area contributed by atoms with Gasteiger partial charge in [0.15, 0.2) is 0 Å². The summed E-state index contributed by atoms with van der Waals surface area (Å²) in [5.74, 6) is 0. The molecule has 0 unspecified atom stereocenters. The van der Waals surface area contributed by atoms with Gasteiger partial charge in [-0.15, -0.1) is 0 Å². The van der Waals surface area contributed by atoms with Gasteiger partial charge in [-0.05, 0) is 18.9 Å². The maximum Gasteiger partial charge on any atom is 0.145 e. The maximum absolute atomic E-state index is 8.75. The zero-order chi connectivity index (χ0) is 8.39. The summed E-state index contributed by atoms with van der Waals surface area (Å²) in [4.78, 5) is 4.01. The van der Waals surface area contributed by atoms with Gasteiger partial charge in [-0.2, -0.15) is 5.26 Å². The third-order valence-electron chi connectivity index (χ3n) is 2.08. The number of fused-ring (bicyclic) bond motifs is 1. The Morgan fingerprint density at radius 3 is 3.33 bits per heavy atom. The third-order valence-corrected chi connectivity index (χ3v) is 2.08. The van der Waals surface area contributed by atoms with Gasteiger partial charge in [0.25, 0.3) is 0 Å². The predicted molar refractivity (Wildman–Crippen MR) is 45.8 cm³/mol. The second-order valence-electron chi connectivity index (χ2n) is 2.83. The molecule has 0 aromatic carbocycles. The highest BCUT2D eigenvalue weighted by atomic mass is 14.9. The normalized spacial score (nSPS) is 14.2. The van der Waals surface area contributed by atoms with Gasteiger partial charge in [0, 0.05) is 24.0 Å². The number of anilines is 1. The quantitative estimate of drug-likeness (QED) is 0.621. The largest absolute Gasteiger partial charge is 0.385 e. The fourth-order valence-corrected chi connectivity index (χ4v) is 1.50. The summed E-state index contributed by atoms with van der Waals surface area (Å²) in [5, 5.41) is 12.0. The molecular formula is C9H9N3. The molecule has 0 aliphatic carbocycles. The Morgan fingerprint density at radius 2 is 2.50 bits per heavy atom. The number of hydrogen-bond donors (Lipinski definition) is 1. The van der Waals surface area contributed by atoms with Gasteiger partial charge in [-0.3, -0.25) is 0 Å². The standard InChI is InChI=1S/C9H9N3/c10-6-9-7-2-1-4-11-8(7)3-5-12-9/h3,5,11H,1-2,4H2. The summed E-state index contributed by atoms with van der Waals surface area (Å²) >= 11 is 0. The lowest BCUT2D eigenvalue weighted by Crippen LogP contribution is -2.13. The number of nitrogens with zero attached hydrogens (tertiary/aromatic N) is 2. The van der Waals surface area contributed by atoms with Crippen molar-refractivity contribution in [2.75, 3.05) is 11.9 Å². The molecule has 60 valence electrons. The predicted octanol–water partition coefficient (Wildman–Crippen LogP) is 1.31. The Hall–Kier alpha value is -1.56. The van der Waals surface area contributed by atoms with Crippen molar-refractivity contribution in [2.45, 2.75) is 12.8 Å². The average Bonchev–Trinajstić information content (AvgIpc) is 2.17. The van der Waals surface area contributed by atoms with E-state index in [0.717, 1.165) is 30.6 Å². The molecule has 0 radical (unpaired) electrons. The van der Waals surface area contributed by atoms with E-state index in [1.165, 1.54) is 0 Å². The van der Waals surface area contributed by atoms with Crippen LogP contribution in [-0.4, -0.2) is 11.5 Å². The van der Waals surface area contributed by atoms with Crippen LogP contribution in [0.4, 0.5) is 5.69 Å². The molecule has 0 fully saturated rings. The Labute approximate surface area is 71.0 Å². The molecule has 1 aromatic heterocycles. The van der Waals surface area contributed by atoms with Crippen LogP contribution in [0.2, 0.25) is 0 Å². The van der Waals surface area contributed by atoms with E-state index in [0.29, 0.717) is 5.69 Å². The molecule has 12 heavy (non-hydrogen) atoms. The van der Waals surface area contributed by atoms with Crippen LogP contribution in [0.15, 0.2) is 12.3 Å². The van der Waals surface area contributed by atoms with Crippen LogP contribution >= 0.6 is 0 Å². The number of hydrogen-bond acceptors (Lipinski definition) is 3. The summed E-state index contributed by atoms with van der Waals surface area (Å²) in [6.07, 6.45) is 3.74. The summed E-state index contributed by atoms with van der Waals surface area (Å²) in [7, 11) is 0. The highest BCUT2D eigenvalue weighted by Gasteiger charge is 2.12. The van der Waals surface area contributed by atoms with Gasteiger partial charge in [0.05, 0.1) is 0 Å². The lowest BCUT2D eigenvalue weighted by Gasteiger charge is -2.17. The molecule has 1 aromatic rings. The molecule has 1 aliphatic rings. The van der Waals surface area contributed by atoms with Crippen molar-refractivity contribution in [1.82, 2.24) is 4.98 Å². The van der Waals surface area contributed by atoms with Gasteiger partial charge >= 0.3 is 0 Å². The molecule has 0 saturated carbocycles. The molecule has 0 bridgehead atoms. The zero-order valence-electron chi connectivity index (χ0n) is 6.67. The van der Waals surface area contributed by atoms with Crippen LogP contribution in [0, 0.1) is 11.3 Å². The minimum absolute atomic E-state index is 0.569. The van der Waals surface area contributed by atoms with E-state index in [1.54, 1.807) is 6.20 Å². The minimum Gasteiger partial charge on any atom is -0.385 e. The van der Waals surface area contributed by atoms with E-state index in [9.17, 15) is 0 Å². The molecule has 0 amide bonds. The van der Waals surface area contributed by atoms with Gasteiger partial charge in [0.1, 0.15) is 11.8 Å². The van der Waals surface area contributed by atoms with Gasteiger partial charge in [-0.1, -0.05) is 0 Å². The number of aromatic nitrogens is 1. The summed E-state index contributed by atoms with van der Waals surface area (Å²) in [6.45, 7) is 1.00. The monoisotopic (exact) mass is 159 g/mol. The van der Waals surface area contributed by atoms with E-state index >= 15 is 0 Å². The van der Waals surface area contributed by atoms with Crippen LogP contribution in [0.5, 0.6) is 0 Å². The molecule has 0 spiro atoms. The molecule has 3 nitrogen and oxygen atoms in total. The Bertz CT molecular complexity index is 338. The second kappa shape index (κ2) is 2.82. The first-order valence-corrected chi connectivity index (χ1v) is 4.03. The van der Waals surface area contributed by atoms with Crippen molar-refractivity contribution >= 4 is 5.69 Å². The molecule has 1 aliphatic heterocycles. The second-order valence-corrected chi connectivity index (χ2v) is 2.83. The van der Waals surface area contributed by atoms with Crippen LogP contribution < -0.4 is 5.32 Å². The topological polar surface area (TPSA) is 48.7 Å². The SMILES string of the molecule is N#Cc1nccc2c1CCCN2. The molecule has 0 saturated heterocycles. The van der Waals surface area contributed by atoms with Crippen LogP contribution in [0.3, 0.4) is 0 Å². The Morgan fingerprint density at radius 1 is 1.58 bits per heavy atom. The number of pyridine rings is 1. The molecule has 3 heteroatoms. The van der Waals surface area contributed by atoms with Crippen molar-refractivity contribution in [3.05, 3.63) is 23.5 Å². The summed E-state index contributed by atoms with van der Waals surface area (Å²) in [5.41, 5.74) is 2.72. The lowest BCUT2D eigenvalue weighted by molar-refractivity contribution is 0.820. The van der Waals surface area contributed by atoms with Crippen LogP contribution in [0.25, 0.3) is 0 Å². The van der Waals surface area contributed by atoms with Crippen molar-refractivity contribution in [3.8, 4) is 6.07 Å². The van der Waals surface area contributed by atoms with Crippen molar-refractivity contribution < 1.29 is 0 Å². The maximum atomic E-state index is 8.75. The molecular weight excluding hydrogens is 150 g/mol. The van der Waals surface area contributed by atoms with E-state index in [4.69, 9.17) is 5.26 Å².